The number of aliphatic hydroxyl groups is 1. The van der Waals surface area contributed by atoms with Gasteiger partial charge in [-0.2, -0.15) is 0 Å². The van der Waals surface area contributed by atoms with E-state index in [0.717, 1.165) is 22.2 Å². The molecule has 0 aliphatic carbocycles. The highest BCUT2D eigenvalue weighted by molar-refractivity contribution is 5.92. The fraction of sp³-hybridized carbons (Fsp3) is 0.118. The third kappa shape index (κ3) is 2.95. The molecule has 1 aromatic heterocycles. The first-order valence-corrected chi connectivity index (χ1v) is 6.85. The lowest BCUT2D eigenvalue weighted by Gasteiger charge is -2.14. The Kier molecular flexibility index (Phi) is 3.71. The number of anilines is 2. The molecule has 0 aliphatic rings. The molecule has 4 nitrogen and oxygen atoms in total. The Labute approximate surface area is 123 Å². The SMILES string of the molecule is Nc1ccc2c(NCC(O)c3ccccc3)ccnc2c1. The summed E-state index contributed by atoms with van der Waals surface area (Å²) >= 11 is 0. The van der Waals surface area contributed by atoms with Crippen LogP contribution < -0.4 is 11.1 Å². The standard InChI is InChI=1S/C17H17N3O/c18-13-6-7-14-15(8-9-19-16(14)10-13)20-11-17(21)12-4-2-1-3-5-12/h1-10,17,21H,11,18H2,(H,19,20). The average molecular weight is 279 g/mol. The number of fused-ring (bicyclic) bond motifs is 1. The van der Waals surface area contributed by atoms with Crippen LogP contribution in [0.4, 0.5) is 11.4 Å². The Balaban J connectivity index is 1.79. The Morgan fingerprint density at radius 2 is 1.90 bits per heavy atom. The van der Waals surface area contributed by atoms with Crippen LogP contribution in [0.25, 0.3) is 10.9 Å². The topological polar surface area (TPSA) is 71.2 Å². The quantitative estimate of drug-likeness (QED) is 0.642. The highest BCUT2D eigenvalue weighted by atomic mass is 16.3. The molecule has 4 heteroatoms. The predicted molar refractivity (Wildman–Crippen MR) is 86.0 cm³/mol. The van der Waals surface area contributed by atoms with Crippen molar-refractivity contribution in [3.05, 3.63) is 66.4 Å². The van der Waals surface area contributed by atoms with Crippen LogP contribution in [0, 0.1) is 0 Å². The number of hydrogen-bond acceptors (Lipinski definition) is 4. The number of benzene rings is 2. The van der Waals surface area contributed by atoms with E-state index in [0.29, 0.717) is 12.2 Å². The van der Waals surface area contributed by atoms with Crippen molar-refractivity contribution in [2.45, 2.75) is 6.10 Å². The fourth-order valence-corrected chi connectivity index (χ4v) is 2.32. The first kappa shape index (κ1) is 13.4. The summed E-state index contributed by atoms with van der Waals surface area (Å²) in [6.07, 6.45) is 1.18. The number of nitrogens with zero attached hydrogens (tertiary/aromatic N) is 1. The van der Waals surface area contributed by atoms with Gasteiger partial charge in [-0.25, -0.2) is 0 Å². The summed E-state index contributed by atoms with van der Waals surface area (Å²) in [7, 11) is 0. The van der Waals surface area contributed by atoms with Crippen molar-refractivity contribution in [1.82, 2.24) is 4.98 Å². The second kappa shape index (κ2) is 5.81. The van der Waals surface area contributed by atoms with Crippen molar-refractivity contribution < 1.29 is 5.11 Å². The van der Waals surface area contributed by atoms with Crippen LogP contribution in [-0.2, 0) is 0 Å². The first-order valence-electron chi connectivity index (χ1n) is 6.85. The van der Waals surface area contributed by atoms with E-state index in [1.165, 1.54) is 0 Å². The molecule has 0 aliphatic heterocycles. The van der Waals surface area contributed by atoms with Crippen LogP contribution in [0.5, 0.6) is 0 Å². The minimum Gasteiger partial charge on any atom is -0.399 e. The molecule has 0 spiro atoms. The molecular weight excluding hydrogens is 262 g/mol. The molecule has 0 saturated carbocycles. The molecule has 3 aromatic rings. The molecule has 1 heterocycles. The summed E-state index contributed by atoms with van der Waals surface area (Å²) in [6, 6.07) is 17.1. The van der Waals surface area contributed by atoms with Crippen LogP contribution in [0.3, 0.4) is 0 Å². The smallest absolute Gasteiger partial charge is 0.0962 e. The summed E-state index contributed by atoms with van der Waals surface area (Å²) in [4.78, 5) is 4.31. The summed E-state index contributed by atoms with van der Waals surface area (Å²) in [6.45, 7) is 0.438. The fourth-order valence-electron chi connectivity index (χ4n) is 2.32. The maximum Gasteiger partial charge on any atom is 0.0962 e. The molecule has 0 radical (unpaired) electrons. The highest BCUT2D eigenvalue weighted by Crippen LogP contribution is 2.24. The van der Waals surface area contributed by atoms with E-state index in [2.05, 4.69) is 10.3 Å². The van der Waals surface area contributed by atoms with E-state index in [-0.39, 0.29) is 0 Å². The van der Waals surface area contributed by atoms with Crippen LogP contribution in [0.15, 0.2) is 60.8 Å². The molecule has 21 heavy (non-hydrogen) atoms. The van der Waals surface area contributed by atoms with E-state index in [9.17, 15) is 5.11 Å². The second-order valence-electron chi connectivity index (χ2n) is 4.94. The number of rotatable bonds is 4. The predicted octanol–water partition coefficient (Wildman–Crippen LogP) is 2.96. The zero-order valence-electron chi connectivity index (χ0n) is 11.5. The number of nitrogens with one attached hydrogen (secondary N) is 1. The van der Waals surface area contributed by atoms with Crippen molar-refractivity contribution in [2.24, 2.45) is 0 Å². The van der Waals surface area contributed by atoms with Crippen molar-refractivity contribution in [2.75, 3.05) is 17.6 Å². The van der Waals surface area contributed by atoms with Gasteiger partial charge in [0.2, 0.25) is 0 Å². The lowest BCUT2D eigenvalue weighted by molar-refractivity contribution is 0.191. The van der Waals surface area contributed by atoms with Crippen LogP contribution >= 0.6 is 0 Å². The molecule has 0 saturated heterocycles. The molecule has 0 bridgehead atoms. The van der Waals surface area contributed by atoms with Crippen molar-refractivity contribution in [1.29, 1.82) is 0 Å². The van der Waals surface area contributed by atoms with Crippen LogP contribution in [-0.4, -0.2) is 16.6 Å². The Bertz CT molecular complexity index is 743. The van der Waals surface area contributed by atoms with Gasteiger partial charge in [-0.15, -0.1) is 0 Å². The molecule has 2 aromatic carbocycles. The maximum atomic E-state index is 10.2. The lowest BCUT2D eigenvalue weighted by Crippen LogP contribution is -2.12. The molecular formula is C17H17N3O. The molecule has 0 fully saturated rings. The third-order valence-electron chi connectivity index (χ3n) is 3.44. The summed E-state index contributed by atoms with van der Waals surface area (Å²) < 4.78 is 0. The highest BCUT2D eigenvalue weighted by Gasteiger charge is 2.08. The van der Waals surface area contributed by atoms with Crippen molar-refractivity contribution >= 4 is 22.3 Å². The zero-order valence-corrected chi connectivity index (χ0v) is 11.5. The number of aliphatic hydroxyl groups excluding tert-OH is 1. The molecule has 1 unspecified atom stereocenters. The van der Waals surface area contributed by atoms with E-state index < -0.39 is 6.10 Å². The second-order valence-corrected chi connectivity index (χ2v) is 4.94. The Hall–Kier alpha value is -2.59. The number of aromatic nitrogens is 1. The van der Waals surface area contributed by atoms with E-state index in [1.54, 1.807) is 6.20 Å². The van der Waals surface area contributed by atoms with Gasteiger partial charge in [-0.1, -0.05) is 30.3 Å². The van der Waals surface area contributed by atoms with Gasteiger partial charge in [0.05, 0.1) is 11.6 Å². The van der Waals surface area contributed by atoms with E-state index in [4.69, 9.17) is 5.73 Å². The number of nitrogens with two attached hydrogens (primary N) is 1. The van der Waals surface area contributed by atoms with Crippen LogP contribution in [0.2, 0.25) is 0 Å². The van der Waals surface area contributed by atoms with Gasteiger partial charge in [0.25, 0.3) is 0 Å². The number of hydrogen-bond donors (Lipinski definition) is 3. The van der Waals surface area contributed by atoms with E-state index in [1.807, 2.05) is 54.6 Å². The Morgan fingerprint density at radius 3 is 2.71 bits per heavy atom. The van der Waals surface area contributed by atoms with E-state index >= 15 is 0 Å². The molecule has 3 rings (SSSR count). The van der Waals surface area contributed by atoms with Gasteiger partial charge in [-0.05, 0) is 29.8 Å². The van der Waals surface area contributed by atoms with Crippen molar-refractivity contribution in [3.8, 4) is 0 Å². The van der Waals surface area contributed by atoms with Gasteiger partial charge < -0.3 is 16.2 Å². The maximum absolute atomic E-state index is 10.2. The van der Waals surface area contributed by atoms with Gasteiger partial charge in [0, 0.05) is 29.5 Å². The van der Waals surface area contributed by atoms with Gasteiger partial charge in [0.15, 0.2) is 0 Å². The molecule has 0 amide bonds. The minimum atomic E-state index is -0.553. The monoisotopic (exact) mass is 279 g/mol. The summed E-state index contributed by atoms with van der Waals surface area (Å²) in [5, 5.41) is 14.5. The molecule has 106 valence electrons. The number of pyridine rings is 1. The Morgan fingerprint density at radius 1 is 1.10 bits per heavy atom. The third-order valence-corrected chi connectivity index (χ3v) is 3.44. The normalized spacial score (nSPS) is 12.2. The molecule has 4 N–H and O–H groups in total. The summed E-state index contributed by atoms with van der Waals surface area (Å²) in [5.41, 5.74) is 9.14. The summed E-state index contributed by atoms with van der Waals surface area (Å²) in [5.74, 6) is 0. The average Bonchev–Trinajstić information content (AvgIpc) is 2.53. The first-order chi connectivity index (χ1) is 10.2. The molecule has 1 atom stereocenters. The van der Waals surface area contributed by atoms with Gasteiger partial charge in [-0.3, -0.25) is 4.98 Å². The largest absolute Gasteiger partial charge is 0.399 e. The van der Waals surface area contributed by atoms with Gasteiger partial charge in [0.1, 0.15) is 0 Å². The van der Waals surface area contributed by atoms with Gasteiger partial charge >= 0.3 is 0 Å². The number of nitrogen functional groups attached to an aromatic ring is 1. The lowest BCUT2D eigenvalue weighted by atomic mass is 10.1. The van der Waals surface area contributed by atoms with Crippen LogP contribution in [0.1, 0.15) is 11.7 Å². The minimum absolute atomic E-state index is 0.438. The van der Waals surface area contributed by atoms with Crippen molar-refractivity contribution in [3.63, 3.8) is 0 Å². The zero-order chi connectivity index (χ0) is 14.7.